The van der Waals surface area contributed by atoms with Gasteiger partial charge in [0.15, 0.2) is 0 Å². The molecule has 6 heteroatoms. The molecule has 5 atom stereocenters. The van der Waals surface area contributed by atoms with Gasteiger partial charge in [-0.3, -0.25) is 0 Å². The van der Waals surface area contributed by atoms with Crippen LogP contribution in [0.2, 0.25) is 0 Å². The van der Waals surface area contributed by atoms with Gasteiger partial charge in [0, 0.05) is 31.7 Å². The summed E-state index contributed by atoms with van der Waals surface area (Å²) < 4.78 is 11.5. The second-order valence-electron chi connectivity index (χ2n) is 8.05. The van der Waals surface area contributed by atoms with Crippen molar-refractivity contribution in [1.29, 1.82) is 0 Å². The largest absolute Gasteiger partial charge is 0.381 e. The average Bonchev–Trinajstić information content (AvgIpc) is 3.10. The minimum absolute atomic E-state index is 0.253. The quantitative estimate of drug-likeness (QED) is 0.859. The Morgan fingerprint density at radius 3 is 2.73 bits per heavy atom. The predicted octanol–water partition coefficient (Wildman–Crippen LogP) is 2.26. The van der Waals surface area contributed by atoms with E-state index in [1.807, 2.05) is 6.20 Å². The van der Waals surface area contributed by atoms with E-state index in [9.17, 15) is 0 Å². The first-order chi connectivity index (χ1) is 12.7. The summed E-state index contributed by atoms with van der Waals surface area (Å²) >= 11 is 0. The number of pyridine rings is 1. The third-order valence-electron chi connectivity index (χ3n) is 5.88. The average molecular weight is 361 g/mol. The number of nitrogens with one attached hydrogen (secondary N) is 2. The predicted molar refractivity (Wildman–Crippen MR) is 104 cm³/mol. The molecule has 2 N–H and O–H groups in total. The number of rotatable bonds is 4. The molecule has 1 aromatic rings. The number of hydrogen-bond acceptors (Lipinski definition) is 6. The lowest BCUT2D eigenvalue weighted by Crippen LogP contribution is -2.49. The van der Waals surface area contributed by atoms with Crippen molar-refractivity contribution in [3.05, 3.63) is 18.3 Å². The maximum atomic E-state index is 5.82. The van der Waals surface area contributed by atoms with Gasteiger partial charge in [-0.2, -0.15) is 0 Å². The van der Waals surface area contributed by atoms with Gasteiger partial charge in [-0.1, -0.05) is 6.42 Å². The van der Waals surface area contributed by atoms with E-state index in [-0.39, 0.29) is 12.2 Å². The maximum Gasteiger partial charge on any atom is 0.128 e. The monoisotopic (exact) mass is 360 g/mol. The van der Waals surface area contributed by atoms with E-state index in [0.29, 0.717) is 18.0 Å². The first kappa shape index (κ1) is 18.0. The summed E-state index contributed by atoms with van der Waals surface area (Å²) in [5, 5.41) is 7.37. The Bertz CT molecular complexity index is 566. The van der Waals surface area contributed by atoms with Gasteiger partial charge in [-0.05, 0) is 44.7 Å². The molecule has 0 spiro atoms. The van der Waals surface area contributed by atoms with E-state index in [4.69, 9.17) is 14.5 Å². The van der Waals surface area contributed by atoms with Gasteiger partial charge < -0.3 is 25.0 Å². The molecule has 0 amide bonds. The standard InChI is InChI=1S/C20H32N4O2/c1-14-11-24(12-15(2)26-14)20-7-6-16(10-22-20)23-18-5-3-4-17(18)19-13-25-9-8-21-19/h6-7,10,14-15,17-19,21,23H,3-5,8-9,11-13H2,1-2H3. The van der Waals surface area contributed by atoms with Crippen molar-refractivity contribution in [3.63, 3.8) is 0 Å². The topological polar surface area (TPSA) is 58.7 Å². The highest BCUT2D eigenvalue weighted by molar-refractivity contribution is 5.49. The summed E-state index contributed by atoms with van der Waals surface area (Å²) in [5.41, 5.74) is 1.12. The van der Waals surface area contributed by atoms with Gasteiger partial charge in [-0.15, -0.1) is 0 Å². The Morgan fingerprint density at radius 1 is 1.19 bits per heavy atom. The summed E-state index contributed by atoms with van der Waals surface area (Å²) in [6.07, 6.45) is 6.28. The molecule has 2 aliphatic heterocycles. The second kappa shape index (κ2) is 8.11. The molecule has 4 rings (SSSR count). The molecule has 5 unspecified atom stereocenters. The molecule has 144 valence electrons. The second-order valence-corrected chi connectivity index (χ2v) is 8.05. The van der Waals surface area contributed by atoms with Crippen LogP contribution < -0.4 is 15.5 Å². The molecule has 0 aromatic carbocycles. The molecule has 0 radical (unpaired) electrons. The van der Waals surface area contributed by atoms with Crippen molar-refractivity contribution in [2.75, 3.05) is 43.1 Å². The van der Waals surface area contributed by atoms with E-state index in [2.05, 4.69) is 41.5 Å². The molecule has 3 fully saturated rings. The highest BCUT2D eigenvalue weighted by atomic mass is 16.5. The van der Waals surface area contributed by atoms with Crippen LogP contribution in [0.1, 0.15) is 33.1 Å². The SMILES string of the molecule is CC1CN(c2ccc(NC3CCCC3C3COCCN3)cn2)CC(C)O1. The highest BCUT2D eigenvalue weighted by Crippen LogP contribution is 2.32. The minimum atomic E-state index is 0.253. The fraction of sp³-hybridized carbons (Fsp3) is 0.750. The molecule has 0 bridgehead atoms. The Balaban J connectivity index is 1.37. The number of hydrogen-bond donors (Lipinski definition) is 2. The van der Waals surface area contributed by atoms with E-state index in [0.717, 1.165) is 44.4 Å². The lowest BCUT2D eigenvalue weighted by Gasteiger charge is -2.36. The Morgan fingerprint density at radius 2 is 2.04 bits per heavy atom. The summed E-state index contributed by atoms with van der Waals surface area (Å²) in [5.74, 6) is 1.68. The van der Waals surface area contributed by atoms with Crippen LogP contribution in [0.25, 0.3) is 0 Å². The van der Waals surface area contributed by atoms with Crippen molar-refractivity contribution < 1.29 is 9.47 Å². The molecule has 2 saturated heterocycles. The lowest BCUT2D eigenvalue weighted by atomic mass is 9.94. The molecule has 1 aromatic heterocycles. The number of nitrogens with zero attached hydrogens (tertiary/aromatic N) is 2. The third kappa shape index (κ3) is 4.13. The molecule has 1 saturated carbocycles. The van der Waals surface area contributed by atoms with Gasteiger partial charge in [0.2, 0.25) is 0 Å². The van der Waals surface area contributed by atoms with Crippen molar-refractivity contribution in [1.82, 2.24) is 10.3 Å². The Labute approximate surface area is 156 Å². The fourth-order valence-corrected chi connectivity index (χ4v) is 4.75. The fourth-order valence-electron chi connectivity index (χ4n) is 4.75. The molecular formula is C20H32N4O2. The van der Waals surface area contributed by atoms with E-state index in [1.54, 1.807) is 0 Å². The van der Waals surface area contributed by atoms with Crippen molar-refractivity contribution >= 4 is 11.5 Å². The highest BCUT2D eigenvalue weighted by Gasteiger charge is 2.34. The first-order valence-corrected chi connectivity index (χ1v) is 10.1. The number of ether oxygens (including phenoxy) is 2. The van der Waals surface area contributed by atoms with Crippen LogP contribution in [0.15, 0.2) is 18.3 Å². The van der Waals surface area contributed by atoms with E-state index in [1.165, 1.54) is 19.3 Å². The van der Waals surface area contributed by atoms with Crippen LogP contribution in [0, 0.1) is 5.92 Å². The zero-order valence-corrected chi connectivity index (χ0v) is 16.0. The van der Waals surface area contributed by atoms with Crippen LogP contribution >= 0.6 is 0 Å². The van der Waals surface area contributed by atoms with Gasteiger partial charge in [0.05, 0.1) is 37.3 Å². The third-order valence-corrected chi connectivity index (χ3v) is 5.88. The van der Waals surface area contributed by atoms with Gasteiger partial charge >= 0.3 is 0 Å². The summed E-state index contributed by atoms with van der Waals surface area (Å²) in [4.78, 5) is 7.04. The zero-order valence-electron chi connectivity index (χ0n) is 16.0. The minimum Gasteiger partial charge on any atom is -0.381 e. The van der Waals surface area contributed by atoms with Crippen LogP contribution in [0.5, 0.6) is 0 Å². The van der Waals surface area contributed by atoms with Gasteiger partial charge in [0.1, 0.15) is 5.82 Å². The molecule has 3 aliphatic rings. The van der Waals surface area contributed by atoms with Crippen molar-refractivity contribution in [3.8, 4) is 0 Å². The zero-order chi connectivity index (χ0) is 17.9. The Kier molecular flexibility index (Phi) is 5.62. The summed E-state index contributed by atoms with van der Waals surface area (Å²) in [6, 6.07) is 5.30. The number of aromatic nitrogens is 1. The van der Waals surface area contributed by atoms with E-state index >= 15 is 0 Å². The van der Waals surface area contributed by atoms with Crippen molar-refractivity contribution in [2.45, 2.75) is 57.4 Å². The van der Waals surface area contributed by atoms with Gasteiger partial charge in [0.25, 0.3) is 0 Å². The molecule has 26 heavy (non-hydrogen) atoms. The van der Waals surface area contributed by atoms with Crippen LogP contribution in [-0.4, -0.2) is 62.1 Å². The number of morpholine rings is 2. The first-order valence-electron chi connectivity index (χ1n) is 10.1. The van der Waals surface area contributed by atoms with Crippen LogP contribution in [0.3, 0.4) is 0 Å². The molecule has 1 aliphatic carbocycles. The maximum absolute atomic E-state index is 5.82. The summed E-state index contributed by atoms with van der Waals surface area (Å²) in [7, 11) is 0. The summed E-state index contributed by atoms with van der Waals surface area (Å²) in [6.45, 7) is 8.72. The van der Waals surface area contributed by atoms with Crippen LogP contribution in [-0.2, 0) is 9.47 Å². The van der Waals surface area contributed by atoms with Crippen molar-refractivity contribution in [2.24, 2.45) is 5.92 Å². The normalized spacial score (nSPS) is 35.5. The van der Waals surface area contributed by atoms with Gasteiger partial charge in [-0.25, -0.2) is 4.98 Å². The lowest BCUT2D eigenvalue weighted by molar-refractivity contribution is -0.00545. The van der Waals surface area contributed by atoms with Crippen LogP contribution in [0.4, 0.5) is 11.5 Å². The molecular weight excluding hydrogens is 328 g/mol. The number of anilines is 2. The molecule has 3 heterocycles. The molecule has 6 nitrogen and oxygen atoms in total. The smallest absolute Gasteiger partial charge is 0.128 e. The Hall–Kier alpha value is -1.37. The van der Waals surface area contributed by atoms with E-state index < -0.39 is 0 Å².